The molecule has 0 aromatic heterocycles. The Morgan fingerprint density at radius 3 is 2.10 bits per heavy atom. The lowest BCUT2D eigenvalue weighted by Gasteiger charge is -2.33. The number of hydrogen-bond acceptors (Lipinski definition) is 4. The van der Waals surface area contributed by atoms with E-state index in [1.54, 1.807) is 18.2 Å². The Labute approximate surface area is 244 Å². The highest BCUT2D eigenvalue weighted by molar-refractivity contribution is 7.89. The van der Waals surface area contributed by atoms with Crippen LogP contribution in [0.1, 0.15) is 25.0 Å². The number of amides is 2. The van der Waals surface area contributed by atoms with Gasteiger partial charge in [0.2, 0.25) is 21.8 Å². The fourth-order valence-electron chi connectivity index (χ4n) is 3.92. The van der Waals surface area contributed by atoms with Gasteiger partial charge < -0.3 is 10.2 Å². The molecule has 0 spiro atoms. The molecule has 11 heteroatoms. The van der Waals surface area contributed by atoms with E-state index in [4.69, 9.17) is 34.8 Å². The first-order chi connectivity index (χ1) is 18.4. The summed E-state index contributed by atoms with van der Waals surface area (Å²) in [6.07, 6.45) is 0.222. The molecule has 0 aliphatic heterocycles. The average Bonchev–Trinajstić information content (AvgIpc) is 2.88. The maximum atomic E-state index is 13.8. The first-order valence-corrected chi connectivity index (χ1v) is 14.8. The third-order valence-corrected chi connectivity index (χ3v) is 8.73. The van der Waals surface area contributed by atoms with Gasteiger partial charge in [-0.15, -0.1) is 0 Å². The van der Waals surface area contributed by atoms with E-state index >= 15 is 0 Å². The van der Waals surface area contributed by atoms with Gasteiger partial charge >= 0.3 is 0 Å². The molecule has 0 bridgehead atoms. The minimum atomic E-state index is -4.01. The van der Waals surface area contributed by atoms with E-state index in [0.29, 0.717) is 20.6 Å². The lowest BCUT2D eigenvalue weighted by atomic mass is 10.0. The van der Waals surface area contributed by atoms with Crippen molar-refractivity contribution in [2.45, 2.75) is 43.8 Å². The topological polar surface area (TPSA) is 86.8 Å². The maximum absolute atomic E-state index is 13.8. The lowest BCUT2D eigenvalue weighted by molar-refractivity contribution is -0.141. The molecular weight excluding hydrogens is 581 g/mol. The Hall–Kier alpha value is -2.62. The maximum Gasteiger partial charge on any atom is 0.243 e. The molecule has 3 rings (SSSR count). The summed E-state index contributed by atoms with van der Waals surface area (Å²) in [7, 11) is -2.69. The minimum Gasteiger partial charge on any atom is -0.352 e. The molecule has 0 aliphatic carbocycles. The van der Waals surface area contributed by atoms with E-state index in [0.717, 1.165) is 9.87 Å². The number of sulfonamides is 1. The van der Waals surface area contributed by atoms with Gasteiger partial charge in [0.1, 0.15) is 6.04 Å². The third-order valence-electron chi connectivity index (χ3n) is 5.92. The third kappa shape index (κ3) is 8.43. The zero-order valence-corrected chi connectivity index (χ0v) is 24.9. The number of likely N-dealkylation sites (N-methyl/N-ethyl adjacent to an activating group) is 1. The molecule has 1 N–H and O–H groups in total. The molecule has 0 fully saturated rings. The van der Waals surface area contributed by atoms with Crippen LogP contribution in [0, 0.1) is 0 Å². The van der Waals surface area contributed by atoms with Crippen LogP contribution in [0.25, 0.3) is 0 Å². The van der Waals surface area contributed by atoms with Crippen molar-refractivity contribution in [1.29, 1.82) is 0 Å². The van der Waals surface area contributed by atoms with Crippen LogP contribution in [-0.2, 0) is 32.6 Å². The van der Waals surface area contributed by atoms with Gasteiger partial charge in [0.05, 0.1) is 21.5 Å². The van der Waals surface area contributed by atoms with E-state index in [1.165, 1.54) is 36.2 Å². The standard InChI is InChI=1S/C28H30Cl3N3O4S/c1-19(2)32-28(36)26(16-20-7-5-4-6-8-20)34(17-21-9-14-24(30)25(31)15-21)27(35)18-33(3)39(37,38)23-12-10-22(29)11-13-23/h4-15,19,26H,16-18H2,1-3H3,(H,32,36)/t26-/m0/s1. The summed E-state index contributed by atoms with van der Waals surface area (Å²) in [6.45, 7) is 3.17. The van der Waals surface area contributed by atoms with Crippen molar-refractivity contribution >= 4 is 56.6 Å². The first kappa shape index (κ1) is 30.9. The van der Waals surface area contributed by atoms with E-state index in [9.17, 15) is 18.0 Å². The second-order valence-electron chi connectivity index (χ2n) is 9.35. The molecule has 0 saturated heterocycles. The van der Waals surface area contributed by atoms with E-state index in [1.807, 2.05) is 44.2 Å². The van der Waals surface area contributed by atoms with Gasteiger partial charge in [0.25, 0.3) is 0 Å². The van der Waals surface area contributed by atoms with Crippen LogP contribution in [0.5, 0.6) is 0 Å². The van der Waals surface area contributed by atoms with Crippen molar-refractivity contribution in [2.75, 3.05) is 13.6 Å². The summed E-state index contributed by atoms with van der Waals surface area (Å²) < 4.78 is 27.3. The highest BCUT2D eigenvalue weighted by Gasteiger charge is 2.33. The van der Waals surface area contributed by atoms with E-state index in [2.05, 4.69) is 5.32 Å². The smallest absolute Gasteiger partial charge is 0.243 e. The summed E-state index contributed by atoms with van der Waals surface area (Å²) >= 11 is 18.2. The van der Waals surface area contributed by atoms with Gasteiger partial charge in [-0.05, 0) is 61.4 Å². The largest absolute Gasteiger partial charge is 0.352 e. The van der Waals surface area contributed by atoms with Gasteiger partial charge in [0.15, 0.2) is 0 Å². The van der Waals surface area contributed by atoms with Crippen molar-refractivity contribution in [2.24, 2.45) is 0 Å². The van der Waals surface area contributed by atoms with Gasteiger partial charge in [0, 0.05) is 31.1 Å². The second-order valence-corrected chi connectivity index (χ2v) is 12.6. The number of carbonyl (C=O) groups excluding carboxylic acids is 2. The highest BCUT2D eigenvalue weighted by atomic mass is 35.5. The monoisotopic (exact) mass is 609 g/mol. The lowest BCUT2D eigenvalue weighted by Crippen LogP contribution is -2.53. The molecule has 0 unspecified atom stereocenters. The Morgan fingerprint density at radius 2 is 1.51 bits per heavy atom. The molecule has 3 aromatic carbocycles. The Balaban J connectivity index is 1.99. The van der Waals surface area contributed by atoms with Gasteiger partial charge in [-0.3, -0.25) is 9.59 Å². The fourth-order valence-corrected chi connectivity index (χ4v) is 5.49. The molecule has 0 saturated carbocycles. The molecule has 1 atom stereocenters. The number of halogens is 3. The molecule has 39 heavy (non-hydrogen) atoms. The van der Waals surface area contributed by atoms with Gasteiger partial charge in [-0.1, -0.05) is 71.2 Å². The van der Waals surface area contributed by atoms with Crippen molar-refractivity contribution in [3.05, 3.63) is 99.0 Å². The van der Waals surface area contributed by atoms with Gasteiger partial charge in [-0.25, -0.2) is 8.42 Å². The summed E-state index contributed by atoms with van der Waals surface area (Å²) in [6, 6.07) is 18.8. The van der Waals surface area contributed by atoms with Crippen LogP contribution in [0.3, 0.4) is 0 Å². The van der Waals surface area contributed by atoms with Crippen LogP contribution in [0.15, 0.2) is 77.7 Å². The molecule has 7 nitrogen and oxygen atoms in total. The van der Waals surface area contributed by atoms with Crippen molar-refractivity contribution in [1.82, 2.24) is 14.5 Å². The van der Waals surface area contributed by atoms with Crippen LogP contribution >= 0.6 is 34.8 Å². The Bertz CT molecular complexity index is 1400. The first-order valence-electron chi connectivity index (χ1n) is 12.2. The number of nitrogens with zero attached hydrogens (tertiary/aromatic N) is 2. The molecular formula is C28H30Cl3N3O4S. The molecule has 0 heterocycles. The number of rotatable bonds is 11. The Morgan fingerprint density at radius 1 is 0.872 bits per heavy atom. The van der Waals surface area contributed by atoms with Crippen LogP contribution in [-0.4, -0.2) is 55.1 Å². The predicted molar refractivity (Wildman–Crippen MR) is 155 cm³/mol. The summed E-state index contributed by atoms with van der Waals surface area (Å²) in [5.74, 6) is -0.911. The van der Waals surface area contributed by atoms with Crippen molar-refractivity contribution in [3.8, 4) is 0 Å². The Kier molecular flexibility index (Phi) is 10.8. The highest BCUT2D eigenvalue weighted by Crippen LogP contribution is 2.25. The average molecular weight is 611 g/mol. The number of carbonyl (C=O) groups is 2. The molecule has 208 valence electrons. The van der Waals surface area contributed by atoms with Crippen LogP contribution in [0.4, 0.5) is 0 Å². The molecule has 0 aliphatic rings. The van der Waals surface area contributed by atoms with Crippen LogP contribution < -0.4 is 5.32 Å². The van der Waals surface area contributed by atoms with Crippen molar-refractivity contribution < 1.29 is 18.0 Å². The predicted octanol–water partition coefficient (Wildman–Crippen LogP) is 5.43. The molecule has 0 radical (unpaired) electrons. The zero-order valence-electron chi connectivity index (χ0n) is 21.8. The number of benzene rings is 3. The SMILES string of the molecule is CC(C)NC(=O)[C@H](Cc1ccccc1)N(Cc1ccc(Cl)c(Cl)c1)C(=O)CN(C)S(=O)(=O)c1ccc(Cl)cc1. The van der Waals surface area contributed by atoms with E-state index in [-0.39, 0.29) is 29.8 Å². The molecule has 3 aromatic rings. The quantitative estimate of drug-likeness (QED) is 0.314. The second kappa shape index (κ2) is 13.6. The fraction of sp³-hybridized carbons (Fsp3) is 0.286. The summed E-state index contributed by atoms with van der Waals surface area (Å²) in [5, 5.41) is 3.94. The number of hydrogen-bond donors (Lipinski definition) is 1. The van der Waals surface area contributed by atoms with Crippen molar-refractivity contribution in [3.63, 3.8) is 0 Å². The summed E-state index contributed by atoms with van der Waals surface area (Å²) in [5.41, 5.74) is 1.48. The minimum absolute atomic E-state index is 0.00313. The van der Waals surface area contributed by atoms with Gasteiger partial charge in [-0.2, -0.15) is 4.31 Å². The molecule has 2 amide bonds. The van der Waals surface area contributed by atoms with Crippen LogP contribution in [0.2, 0.25) is 15.1 Å². The van der Waals surface area contributed by atoms with E-state index < -0.39 is 28.5 Å². The zero-order chi connectivity index (χ0) is 28.7. The normalized spacial score (nSPS) is 12.4. The summed E-state index contributed by atoms with van der Waals surface area (Å²) in [4.78, 5) is 28.7. The number of nitrogens with one attached hydrogen (secondary N) is 1.